The van der Waals surface area contributed by atoms with E-state index in [2.05, 4.69) is 40.3 Å². The van der Waals surface area contributed by atoms with Crippen LogP contribution in [0.15, 0.2) is 23.7 Å². The van der Waals surface area contributed by atoms with Gasteiger partial charge in [0, 0.05) is 18.3 Å². The molecule has 21 heavy (non-hydrogen) atoms. The number of hydrogen-bond acceptors (Lipinski definition) is 5. The summed E-state index contributed by atoms with van der Waals surface area (Å²) in [4.78, 5) is 4.34. The second-order valence-corrected chi connectivity index (χ2v) is 8.12. The molecular weight excluding hydrogens is 300 g/mol. The molecule has 0 bridgehead atoms. The summed E-state index contributed by atoms with van der Waals surface area (Å²) in [5, 5.41) is 3.73. The fraction of sp³-hybridized carbons (Fsp3) is 0.562. The smallest absolute Gasteiger partial charge is 0.0813 e. The van der Waals surface area contributed by atoms with Gasteiger partial charge in [-0.1, -0.05) is 0 Å². The Kier molecular flexibility index (Phi) is 3.81. The summed E-state index contributed by atoms with van der Waals surface area (Å²) in [5.41, 5.74) is 4.38. The zero-order valence-corrected chi connectivity index (χ0v) is 13.6. The molecule has 0 aliphatic carbocycles. The van der Waals surface area contributed by atoms with E-state index in [0.29, 0.717) is 6.04 Å². The molecule has 2 saturated heterocycles. The molecule has 2 aromatic rings. The monoisotopic (exact) mass is 320 g/mol. The number of nitrogens with one attached hydrogen (secondary N) is 1. The van der Waals surface area contributed by atoms with E-state index in [1.54, 1.807) is 11.3 Å². The number of fused-ring (bicyclic) bond motifs is 1. The molecule has 0 radical (unpaired) electrons. The van der Waals surface area contributed by atoms with Crippen molar-refractivity contribution < 1.29 is 4.74 Å². The second-order valence-electron chi connectivity index (χ2n) is 6.01. The maximum Gasteiger partial charge on any atom is 0.0813 e. The minimum atomic E-state index is 0.149. The van der Waals surface area contributed by atoms with Crippen LogP contribution < -0.4 is 5.32 Å². The minimum Gasteiger partial charge on any atom is -0.382 e. The average molecular weight is 320 g/mol. The minimum absolute atomic E-state index is 0.149. The Morgan fingerprint density at radius 2 is 2.19 bits per heavy atom. The quantitative estimate of drug-likeness (QED) is 0.901. The third-order valence-electron chi connectivity index (χ3n) is 4.60. The number of rotatable bonds is 2. The van der Waals surface area contributed by atoms with E-state index >= 15 is 0 Å². The van der Waals surface area contributed by atoms with Crippen LogP contribution in [-0.2, 0) is 4.74 Å². The molecular formula is C16H20N2OS2. The Morgan fingerprint density at radius 1 is 1.29 bits per heavy atom. The molecule has 112 valence electrons. The molecule has 2 aliphatic rings. The molecule has 2 aliphatic heterocycles. The van der Waals surface area contributed by atoms with Gasteiger partial charge in [0.05, 0.1) is 21.3 Å². The zero-order valence-electron chi connectivity index (χ0n) is 12.0. The third kappa shape index (κ3) is 2.91. The molecule has 3 heterocycles. The van der Waals surface area contributed by atoms with Gasteiger partial charge >= 0.3 is 0 Å². The van der Waals surface area contributed by atoms with Crippen LogP contribution in [0.25, 0.3) is 10.2 Å². The summed E-state index contributed by atoms with van der Waals surface area (Å²) < 4.78 is 7.43. The largest absolute Gasteiger partial charge is 0.382 e. The summed E-state index contributed by atoms with van der Waals surface area (Å²) in [6.45, 7) is 0.894. The first-order valence-electron chi connectivity index (χ1n) is 7.65. The summed E-state index contributed by atoms with van der Waals surface area (Å²) in [6.07, 6.45) is 4.68. The molecule has 1 N–H and O–H groups in total. The molecule has 2 fully saturated rings. The zero-order chi connectivity index (χ0) is 14.1. The Balaban J connectivity index is 1.48. The average Bonchev–Trinajstić information content (AvgIpc) is 2.96. The highest BCUT2D eigenvalue weighted by Crippen LogP contribution is 2.38. The van der Waals surface area contributed by atoms with Gasteiger partial charge in [-0.25, -0.2) is 4.98 Å². The maximum absolute atomic E-state index is 6.17. The van der Waals surface area contributed by atoms with Crippen LogP contribution in [0.4, 0.5) is 5.69 Å². The van der Waals surface area contributed by atoms with Crippen LogP contribution in [0.1, 0.15) is 25.7 Å². The Hall–Kier alpha value is -0.780. The molecule has 1 atom stereocenters. The van der Waals surface area contributed by atoms with Gasteiger partial charge in [0.1, 0.15) is 0 Å². The van der Waals surface area contributed by atoms with Gasteiger partial charge in [0.15, 0.2) is 0 Å². The van der Waals surface area contributed by atoms with Crippen molar-refractivity contribution in [2.24, 2.45) is 0 Å². The van der Waals surface area contributed by atoms with E-state index in [1.807, 2.05) is 5.51 Å². The highest BCUT2D eigenvalue weighted by Gasteiger charge is 2.38. The van der Waals surface area contributed by atoms with Crippen LogP contribution in [-0.4, -0.2) is 34.7 Å². The second kappa shape index (κ2) is 5.78. The van der Waals surface area contributed by atoms with Crippen molar-refractivity contribution in [2.45, 2.75) is 37.3 Å². The number of benzene rings is 1. The first-order chi connectivity index (χ1) is 10.3. The lowest BCUT2D eigenvalue weighted by Gasteiger charge is -2.43. The topological polar surface area (TPSA) is 34.2 Å². The number of thioether (sulfide) groups is 1. The van der Waals surface area contributed by atoms with Gasteiger partial charge in [0.25, 0.3) is 0 Å². The predicted octanol–water partition coefficient (Wildman–Crippen LogP) is 4.15. The van der Waals surface area contributed by atoms with Crippen molar-refractivity contribution >= 4 is 39.0 Å². The predicted molar refractivity (Wildman–Crippen MR) is 91.5 cm³/mol. The molecule has 1 spiro atoms. The molecule has 1 aromatic carbocycles. The third-order valence-corrected chi connectivity index (χ3v) is 6.38. The van der Waals surface area contributed by atoms with Crippen molar-refractivity contribution in [2.75, 3.05) is 23.4 Å². The lowest BCUT2D eigenvalue weighted by molar-refractivity contribution is -0.0865. The van der Waals surface area contributed by atoms with E-state index in [9.17, 15) is 0 Å². The Labute approximate surface area is 133 Å². The van der Waals surface area contributed by atoms with E-state index in [4.69, 9.17) is 4.74 Å². The number of nitrogens with zero attached hydrogens (tertiary/aromatic N) is 1. The van der Waals surface area contributed by atoms with Crippen molar-refractivity contribution in [3.8, 4) is 0 Å². The van der Waals surface area contributed by atoms with Gasteiger partial charge in [-0.3, -0.25) is 0 Å². The SMILES string of the molecule is c1nc2ccc(NC3CCOC4(CCSCC4)C3)cc2s1. The van der Waals surface area contributed by atoms with Crippen LogP contribution in [0.3, 0.4) is 0 Å². The van der Waals surface area contributed by atoms with Gasteiger partial charge in [-0.15, -0.1) is 11.3 Å². The summed E-state index contributed by atoms with van der Waals surface area (Å²) in [7, 11) is 0. The standard InChI is InChI=1S/C16H20N2OS2/c1-2-14-15(21-11-17-14)9-12(1)18-13-3-6-19-16(10-13)4-7-20-8-5-16/h1-2,9,11,13,18H,3-8,10H2. The van der Waals surface area contributed by atoms with Gasteiger partial charge < -0.3 is 10.1 Å². The molecule has 0 saturated carbocycles. The van der Waals surface area contributed by atoms with E-state index < -0.39 is 0 Å². The van der Waals surface area contributed by atoms with Crippen molar-refractivity contribution in [3.63, 3.8) is 0 Å². The van der Waals surface area contributed by atoms with Gasteiger partial charge in [0.2, 0.25) is 0 Å². The van der Waals surface area contributed by atoms with Crippen LogP contribution >= 0.6 is 23.1 Å². The summed E-state index contributed by atoms with van der Waals surface area (Å²) in [6, 6.07) is 7.03. The highest BCUT2D eigenvalue weighted by atomic mass is 32.2. The lowest BCUT2D eigenvalue weighted by atomic mass is 9.85. The number of hydrogen-bond donors (Lipinski definition) is 1. The molecule has 0 amide bonds. The lowest BCUT2D eigenvalue weighted by Crippen LogP contribution is -2.46. The van der Waals surface area contributed by atoms with Crippen LogP contribution in [0.2, 0.25) is 0 Å². The summed E-state index contributed by atoms with van der Waals surface area (Å²) in [5.74, 6) is 2.50. The van der Waals surface area contributed by atoms with Crippen molar-refractivity contribution in [1.82, 2.24) is 4.98 Å². The van der Waals surface area contributed by atoms with Gasteiger partial charge in [-0.2, -0.15) is 11.8 Å². The van der Waals surface area contributed by atoms with Crippen LogP contribution in [0, 0.1) is 0 Å². The fourth-order valence-corrected chi connectivity index (χ4v) is 5.38. The molecule has 5 heteroatoms. The molecule has 1 aromatic heterocycles. The molecule has 3 nitrogen and oxygen atoms in total. The normalized spacial score (nSPS) is 25.2. The fourth-order valence-electron chi connectivity index (χ4n) is 3.42. The first kappa shape index (κ1) is 13.9. The number of ether oxygens (including phenoxy) is 1. The molecule has 1 unspecified atom stereocenters. The summed E-state index contributed by atoms with van der Waals surface area (Å²) >= 11 is 3.77. The number of thiazole rings is 1. The van der Waals surface area contributed by atoms with E-state index in [0.717, 1.165) is 25.0 Å². The maximum atomic E-state index is 6.17. The first-order valence-corrected chi connectivity index (χ1v) is 9.68. The highest BCUT2D eigenvalue weighted by molar-refractivity contribution is 7.99. The number of anilines is 1. The molecule has 4 rings (SSSR count). The van der Waals surface area contributed by atoms with Crippen molar-refractivity contribution in [3.05, 3.63) is 23.7 Å². The number of aromatic nitrogens is 1. The van der Waals surface area contributed by atoms with Gasteiger partial charge in [-0.05, 0) is 55.4 Å². The Morgan fingerprint density at radius 3 is 3.10 bits per heavy atom. The van der Waals surface area contributed by atoms with E-state index in [1.165, 1.54) is 34.7 Å². The Bertz CT molecular complexity index is 616. The van der Waals surface area contributed by atoms with Crippen LogP contribution in [0.5, 0.6) is 0 Å². The van der Waals surface area contributed by atoms with Crippen molar-refractivity contribution in [1.29, 1.82) is 0 Å². The van der Waals surface area contributed by atoms with E-state index in [-0.39, 0.29) is 5.60 Å².